The molecule has 3 aromatic rings. The van der Waals surface area contributed by atoms with E-state index in [1.165, 1.54) is 24.8 Å². The number of carbonyl (C=O) groups is 1. The van der Waals surface area contributed by atoms with E-state index in [1.807, 2.05) is 69.3 Å². The van der Waals surface area contributed by atoms with E-state index in [-0.39, 0.29) is 6.03 Å². The molecule has 3 N–H and O–H groups in total. The van der Waals surface area contributed by atoms with Crippen molar-refractivity contribution in [3.63, 3.8) is 0 Å². The summed E-state index contributed by atoms with van der Waals surface area (Å²) in [7, 11) is 0. The van der Waals surface area contributed by atoms with Crippen molar-refractivity contribution in [2.24, 2.45) is 0 Å². The van der Waals surface area contributed by atoms with E-state index >= 15 is 0 Å². The second-order valence-electron chi connectivity index (χ2n) is 8.32. The van der Waals surface area contributed by atoms with Crippen LogP contribution in [0.5, 0.6) is 0 Å². The average molecular weight is 431 g/mol. The Balaban J connectivity index is 1.38. The van der Waals surface area contributed by atoms with E-state index in [4.69, 9.17) is 4.98 Å². The van der Waals surface area contributed by atoms with Crippen LogP contribution in [0.15, 0.2) is 48.5 Å². The van der Waals surface area contributed by atoms with Crippen molar-refractivity contribution in [1.29, 1.82) is 0 Å². The molecular formula is C25H30N6O. The maximum Gasteiger partial charge on any atom is 0.323 e. The summed E-state index contributed by atoms with van der Waals surface area (Å²) in [4.78, 5) is 23.9. The highest BCUT2D eigenvalue weighted by Crippen LogP contribution is 2.22. The molecule has 4 rings (SSSR count). The first-order valence-electron chi connectivity index (χ1n) is 11.1. The Bertz CT molecular complexity index is 1090. The van der Waals surface area contributed by atoms with Crippen LogP contribution < -0.4 is 20.9 Å². The van der Waals surface area contributed by atoms with Crippen LogP contribution in [-0.2, 0) is 0 Å². The smallest absolute Gasteiger partial charge is 0.323 e. The lowest BCUT2D eigenvalue weighted by Gasteiger charge is -2.28. The fourth-order valence-corrected chi connectivity index (χ4v) is 3.77. The molecule has 2 heterocycles. The van der Waals surface area contributed by atoms with Gasteiger partial charge < -0.3 is 20.9 Å². The molecule has 0 atom stereocenters. The molecule has 0 bridgehead atoms. The SMILES string of the molecule is Cc1cc(N2CCCCC2)nc(Nc2ccc(NC(=O)Nc3ccc(C)c(C)c3)cc2)n1. The van der Waals surface area contributed by atoms with Gasteiger partial charge in [0.05, 0.1) is 0 Å². The zero-order valence-electron chi connectivity index (χ0n) is 18.9. The third kappa shape index (κ3) is 5.55. The van der Waals surface area contributed by atoms with Crippen LogP contribution in [0.3, 0.4) is 0 Å². The quantitative estimate of drug-likeness (QED) is 0.478. The number of benzene rings is 2. The lowest BCUT2D eigenvalue weighted by molar-refractivity contribution is 0.262. The zero-order chi connectivity index (χ0) is 22.5. The summed E-state index contributed by atoms with van der Waals surface area (Å²) in [6.07, 6.45) is 3.70. The first-order chi connectivity index (χ1) is 15.5. The maximum absolute atomic E-state index is 12.3. The van der Waals surface area contributed by atoms with Gasteiger partial charge in [0.2, 0.25) is 5.95 Å². The Morgan fingerprint density at radius 3 is 2.16 bits per heavy atom. The number of urea groups is 1. The maximum atomic E-state index is 12.3. The van der Waals surface area contributed by atoms with Gasteiger partial charge in [-0.1, -0.05) is 6.07 Å². The average Bonchev–Trinajstić information content (AvgIpc) is 2.78. The van der Waals surface area contributed by atoms with Gasteiger partial charge in [0, 0.05) is 41.9 Å². The van der Waals surface area contributed by atoms with E-state index in [0.29, 0.717) is 11.6 Å². The number of anilines is 5. The summed E-state index contributed by atoms with van der Waals surface area (Å²) in [5, 5.41) is 9.01. The Hall–Kier alpha value is -3.61. The first kappa shape index (κ1) is 21.6. The molecule has 1 aliphatic rings. The van der Waals surface area contributed by atoms with Crippen LogP contribution in [0.2, 0.25) is 0 Å². The standard InChI is InChI=1S/C25H30N6O/c1-17-7-8-22(15-18(17)2)29-25(32)28-21-11-9-20(10-12-21)27-24-26-19(3)16-23(30-24)31-13-5-4-6-14-31/h7-12,15-16H,4-6,13-14H2,1-3H3,(H,26,27,30)(H2,28,29,32). The molecule has 7 nitrogen and oxygen atoms in total. The number of rotatable bonds is 5. The number of nitrogens with one attached hydrogen (secondary N) is 3. The molecule has 1 saturated heterocycles. The summed E-state index contributed by atoms with van der Waals surface area (Å²) < 4.78 is 0. The Morgan fingerprint density at radius 1 is 0.781 bits per heavy atom. The van der Waals surface area contributed by atoms with Crippen molar-refractivity contribution in [2.75, 3.05) is 33.9 Å². The monoisotopic (exact) mass is 430 g/mol. The van der Waals surface area contributed by atoms with Crippen LogP contribution in [0.4, 0.5) is 33.6 Å². The topological polar surface area (TPSA) is 82.2 Å². The second kappa shape index (κ2) is 9.68. The number of hydrogen-bond acceptors (Lipinski definition) is 5. The molecule has 1 fully saturated rings. The third-order valence-electron chi connectivity index (χ3n) is 5.68. The molecule has 32 heavy (non-hydrogen) atoms. The van der Waals surface area contributed by atoms with Crippen LogP contribution in [-0.4, -0.2) is 29.1 Å². The van der Waals surface area contributed by atoms with Gasteiger partial charge in [-0.05, 0) is 87.6 Å². The first-order valence-corrected chi connectivity index (χ1v) is 11.1. The lowest BCUT2D eigenvalue weighted by Crippen LogP contribution is -2.30. The van der Waals surface area contributed by atoms with Crippen molar-refractivity contribution in [2.45, 2.75) is 40.0 Å². The van der Waals surface area contributed by atoms with Gasteiger partial charge >= 0.3 is 6.03 Å². The fourth-order valence-electron chi connectivity index (χ4n) is 3.77. The second-order valence-corrected chi connectivity index (χ2v) is 8.32. The molecule has 0 spiro atoms. The van der Waals surface area contributed by atoms with Crippen LogP contribution in [0, 0.1) is 20.8 Å². The molecule has 2 amide bonds. The Morgan fingerprint density at radius 2 is 1.44 bits per heavy atom. The van der Waals surface area contributed by atoms with Gasteiger partial charge in [0.15, 0.2) is 0 Å². The van der Waals surface area contributed by atoms with Gasteiger partial charge in [-0.2, -0.15) is 4.98 Å². The third-order valence-corrected chi connectivity index (χ3v) is 5.68. The van der Waals surface area contributed by atoms with Crippen molar-refractivity contribution < 1.29 is 4.79 Å². The van der Waals surface area contributed by atoms with Crippen molar-refractivity contribution in [3.05, 3.63) is 65.4 Å². The van der Waals surface area contributed by atoms with Crippen molar-refractivity contribution in [3.8, 4) is 0 Å². The molecular weight excluding hydrogens is 400 g/mol. The fraction of sp³-hybridized carbons (Fsp3) is 0.320. The molecule has 1 aliphatic heterocycles. The van der Waals surface area contributed by atoms with E-state index in [9.17, 15) is 4.79 Å². The van der Waals surface area contributed by atoms with E-state index in [2.05, 4.69) is 25.8 Å². The predicted octanol–water partition coefficient (Wildman–Crippen LogP) is 5.78. The molecule has 1 aromatic heterocycles. The normalized spacial score (nSPS) is 13.5. The van der Waals surface area contributed by atoms with Gasteiger partial charge in [0.1, 0.15) is 5.82 Å². The number of aryl methyl sites for hydroxylation is 3. The Labute approximate surface area is 189 Å². The summed E-state index contributed by atoms with van der Waals surface area (Å²) in [6.45, 7) is 8.14. The molecule has 7 heteroatoms. The van der Waals surface area contributed by atoms with Crippen LogP contribution in [0.25, 0.3) is 0 Å². The molecule has 0 aliphatic carbocycles. The minimum atomic E-state index is -0.276. The number of amides is 2. The number of aromatic nitrogens is 2. The van der Waals surface area contributed by atoms with Gasteiger partial charge in [-0.25, -0.2) is 9.78 Å². The van der Waals surface area contributed by atoms with Crippen LogP contribution >= 0.6 is 0 Å². The van der Waals surface area contributed by atoms with Gasteiger partial charge in [-0.15, -0.1) is 0 Å². The van der Waals surface area contributed by atoms with Gasteiger partial charge in [0.25, 0.3) is 0 Å². The largest absolute Gasteiger partial charge is 0.356 e. The molecule has 0 saturated carbocycles. The Kier molecular flexibility index (Phi) is 6.54. The number of nitrogens with zero attached hydrogens (tertiary/aromatic N) is 3. The molecule has 0 unspecified atom stereocenters. The zero-order valence-corrected chi connectivity index (χ0v) is 18.9. The summed E-state index contributed by atoms with van der Waals surface area (Å²) in [5.41, 5.74) is 5.60. The highest BCUT2D eigenvalue weighted by molar-refractivity contribution is 5.99. The van der Waals surface area contributed by atoms with E-state index in [0.717, 1.165) is 41.5 Å². The lowest BCUT2D eigenvalue weighted by atomic mass is 10.1. The van der Waals surface area contributed by atoms with Crippen molar-refractivity contribution in [1.82, 2.24) is 9.97 Å². The number of hydrogen-bond donors (Lipinski definition) is 3. The number of piperidine rings is 1. The summed E-state index contributed by atoms with van der Waals surface area (Å²) in [5.74, 6) is 1.56. The summed E-state index contributed by atoms with van der Waals surface area (Å²) >= 11 is 0. The van der Waals surface area contributed by atoms with E-state index in [1.54, 1.807) is 0 Å². The minimum Gasteiger partial charge on any atom is -0.356 e. The summed E-state index contributed by atoms with van der Waals surface area (Å²) in [6, 6.07) is 15.1. The predicted molar refractivity (Wildman–Crippen MR) is 131 cm³/mol. The molecule has 166 valence electrons. The van der Waals surface area contributed by atoms with Crippen molar-refractivity contribution >= 4 is 34.9 Å². The van der Waals surface area contributed by atoms with Crippen LogP contribution in [0.1, 0.15) is 36.1 Å². The highest BCUT2D eigenvalue weighted by Gasteiger charge is 2.14. The number of carbonyl (C=O) groups excluding carboxylic acids is 1. The molecule has 2 aromatic carbocycles. The highest BCUT2D eigenvalue weighted by atomic mass is 16.2. The minimum absolute atomic E-state index is 0.276. The van der Waals surface area contributed by atoms with Gasteiger partial charge in [-0.3, -0.25) is 0 Å². The van der Waals surface area contributed by atoms with E-state index < -0.39 is 0 Å². The molecule has 0 radical (unpaired) electrons.